The van der Waals surface area contributed by atoms with Crippen LogP contribution in [0.3, 0.4) is 0 Å². The van der Waals surface area contributed by atoms with Crippen molar-refractivity contribution in [2.45, 2.75) is 45.7 Å². The lowest BCUT2D eigenvalue weighted by molar-refractivity contribution is 0.0679. The van der Waals surface area contributed by atoms with Gasteiger partial charge in [0, 0.05) is 31.4 Å². The smallest absolute Gasteiger partial charge is 0.270 e. The van der Waals surface area contributed by atoms with Crippen LogP contribution < -0.4 is 5.32 Å². The van der Waals surface area contributed by atoms with Crippen LogP contribution in [0, 0.1) is 0 Å². The summed E-state index contributed by atoms with van der Waals surface area (Å²) in [5.74, 6) is 0.0983. The fraction of sp³-hybridized carbons (Fsp3) is 0.667. The lowest BCUT2D eigenvalue weighted by atomic mass is 10.2. The number of nitrogens with one attached hydrogen (secondary N) is 1. The van der Waals surface area contributed by atoms with E-state index in [1.165, 1.54) is 0 Å². The van der Waals surface area contributed by atoms with Crippen molar-refractivity contribution in [2.75, 3.05) is 19.6 Å². The third-order valence-corrected chi connectivity index (χ3v) is 4.00. The van der Waals surface area contributed by atoms with E-state index in [1.54, 1.807) is 6.07 Å². The molecular weight excluding hydrogens is 274 g/mol. The molecule has 1 unspecified atom stereocenters. The molecule has 2 rings (SSSR count). The van der Waals surface area contributed by atoms with E-state index < -0.39 is 0 Å². The summed E-state index contributed by atoms with van der Waals surface area (Å²) in [5, 5.41) is 3.96. The van der Waals surface area contributed by atoms with Gasteiger partial charge in [0.1, 0.15) is 5.69 Å². The Bertz CT molecular complexity index is 464. The maximum atomic E-state index is 12.9. The first-order valence-corrected chi connectivity index (χ1v) is 7.81. The summed E-state index contributed by atoms with van der Waals surface area (Å²) in [6.07, 6.45) is 3.84. The molecule has 1 amide bonds. The van der Waals surface area contributed by atoms with E-state index in [0.29, 0.717) is 16.8 Å². The van der Waals surface area contributed by atoms with Gasteiger partial charge >= 0.3 is 0 Å². The van der Waals surface area contributed by atoms with E-state index in [2.05, 4.69) is 26.1 Å². The summed E-state index contributed by atoms with van der Waals surface area (Å²) in [6.45, 7) is 8.91. The molecule has 0 bridgehead atoms. The van der Waals surface area contributed by atoms with Gasteiger partial charge in [0.25, 0.3) is 5.91 Å². The molecule has 0 saturated carbocycles. The molecule has 5 heteroatoms. The predicted molar refractivity (Wildman–Crippen MR) is 82.4 cm³/mol. The number of hydrogen-bond acceptors (Lipinski definition) is 2. The molecule has 1 saturated heterocycles. The van der Waals surface area contributed by atoms with Crippen LogP contribution in [0.4, 0.5) is 0 Å². The monoisotopic (exact) mass is 297 g/mol. The highest BCUT2D eigenvalue weighted by molar-refractivity contribution is 6.31. The Labute approximate surface area is 126 Å². The summed E-state index contributed by atoms with van der Waals surface area (Å²) >= 11 is 6.09. The first-order valence-electron chi connectivity index (χ1n) is 7.43. The molecule has 0 radical (unpaired) electrons. The number of nitrogens with zero attached hydrogens (tertiary/aromatic N) is 2. The number of amides is 1. The van der Waals surface area contributed by atoms with Crippen molar-refractivity contribution >= 4 is 17.5 Å². The van der Waals surface area contributed by atoms with Crippen LogP contribution >= 0.6 is 11.6 Å². The summed E-state index contributed by atoms with van der Waals surface area (Å²) < 4.78 is 1.97. The Kier molecular flexibility index (Phi) is 5.11. The van der Waals surface area contributed by atoms with Gasteiger partial charge in [-0.3, -0.25) is 4.79 Å². The average Bonchev–Trinajstić information content (AvgIpc) is 3.04. The number of rotatable bonds is 5. The SMILES string of the molecule is CCCN(C(=O)c1cc(Cl)cn1C(C)C)C1CCNC1. The van der Waals surface area contributed by atoms with E-state index >= 15 is 0 Å². The summed E-state index contributed by atoms with van der Waals surface area (Å²) in [6, 6.07) is 2.32. The highest BCUT2D eigenvalue weighted by Gasteiger charge is 2.28. The minimum absolute atomic E-state index is 0.0983. The molecule has 2 heterocycles. The number of carbonyl (C=O) groups is 1. The first-order chi connectivity index (χ1) is 9.54. The van der Waals surface area contributed by atoms with Crippen LogP contribution in [-0.2, 0) is 0 Å². The zero-order chi connectivity index (χ0) is 14.7. The fourth-order valence-corrected chi connectivity index (χ4v) is 3.00. The van der Waals surface area contributed by atoms with Gasteiger partial charge in [-0.25, -0.2) is 0 Å². The van der Waals surface area contributed by atoms with Gasteiger partial charge in [-0.2, -0.15) is 0 Å². The molecule has 4 nitrogen and oxygen atoms in total. The molecule has 112 valence electrons. The normalized spacial score (nSPS) is 18.8. The van der Waals surface area contributed by atoms with Crippen molar-refractivity contribution in [1.29, 1.82) is 0 Å². The van der Waals surface area contributed by atoms with Crippen LogP contribution in [0.1, 0.15) is 50.1 Å². The van der Waals surface area contributed by atoms with Crippen molar-refractivity contribution < 1.29 is 4.79 Å². The first kappa shape index (κ1) is 15.4. The van der Waals surface area contributed by atoms with Gasteiger partial charge in [-0.1, -0.05) is 18.5 Å². The highest BCUT2D eigenvalue weighted by Crippen LogP contribution is 2.22. The van der Waals surface area contributed by atoms with E-state index in [9.17, 15) is 4.79 Å². The van der Waals surface area contributed by atoms with E-state index in [-0.39, 0.29) is 11.9 Å². The second kappa shape index (κ2) is 6.64. The molecule has 1 aliphatic heterocycles. The molecule has 1 aromatic heterocycles. The topological polar surface area (TPSA) is 37.3 Å². The number of aromatic nitrogens is 1. The van der Waals surface area contributed by atoms with E-state index in [0.717, 1.165) is 32.5 Å². The second-order valence-electron chi connectivity index (χ2n) is 5.69. The van der Waals surface area contributed by atoms with Crippen molar-refractivity contribution in [3.63, 3.8) is 0 Å². The van der Waals surface area contributed by atoms with E-state index in [4.69, 9.17) is 11.6 Å². The standard InChI is InChI=1S/C15H24ClN3O/c1-4-7-18(13-5-6-17-9-13)15(20)14-8-12(16)10-19(14)11(2)3/h8,10-11,13,17H,4-7,9H2,1-3H3. The maximum Gasteiger partial charge on any atom is 0.270 e. The summed E-state index contributed by atoms with van der Waals surface area (Å²) in [7, 11) is 0. The van der Waals surface area contributed by atoms with Crippen molar-refractivity contribution in [1.82, 2.24) is 14.8 Å². The molecule has 0 spiro atoms. The van der Waals surface area contributed by atoms with Crippen molar-refractivity contribution in [3.05, 3.63) is 23.0 Å². The van der Waals surface area contributed by atoms with Gasteiger partial charge in [0.15, 0.2) is 0 Å². The fourth-order valence-electron chi connectivity index (χ4n) is 2.79. The van der Waals surface area contributed by atoms with Crippen molar-refractivity contribution in [3.8, 4) is 0 Å². The van der Waals surface area contributed by atoms with Crippen LogP contribution in [0.5, 0.6) is 0 Å². The second-order valence-corrected chi connectivity index (χ2v) is 6.13. The predicted octanol–water partition coefficient (Wildman–Crippen LogP) is 2.94. The number of hydrogen-bond donors (Lipinski definition) is 1. The van der Waals surface area contributed by atoms with Crippen LogP contribution in [-0.4, -0.2) is 41.1 Å². The third-order valence-electron chi connectivity index (χ3n) is 3.79. The highest BCUT2D eigenvalue weighted by atomic mass is 35.5. The quantitative estimate of drug-likeness (QED) is 0.907. The van der Waals surface area contributed by atoms with Crippen molar-refractivity contribution in [2.24, 2.45) is 0 Å². The zero-order valence-corrected chi connectivity index (χ0v) is 13.3. The van der Waals surface area contributed by atoms with Gasteiger partial charge < -0.3 is 14.8 Å². The lowest BCUT2D eigenvalue weighted by Crippen LogP contribution is -2.42. The molecule has 20 heavy (non-hydrogen) atoms. The molecule has 0 aromatic carbocycles. The molecule has 1 aliphatic rings. The van der Waals surface area contributed by atoms with Crippen LogP contribution in [0.2, 0.25) is 5.02 Å². The molecule has 1 atom stereocenters. The minimum atomic E-state index is 0.0983. The zero-order valence-electron chi connectivity index (χ0n) is 12.5. The van der Waals surface area contributed by atoms with Gasteiger partial charge in [0.2, 0.25) is 0 Å². The molecule has 1 N–H and O–H groups in total. The molecule has 1 aromatic rings. The van der Waals surface area contributed by atoms with Crippen LogP contribution in [0.15, 0.2) is 12.3 Å². The van der Waals surface area contributed by atoms with Gasteiger partial charge in [0.05, 0.1) is 5.02 Å². The Balaban J connectivity index is 2.26. The van der Waals surface area contributed by atoms with E-state index in [1.807, 2.05) is 15.7 Å². The Morgan fingerprint density at radius 3 is 2.90 bits per heavy atom. The van der Waals surface area contributed by atoms with Gasteiger partial charge in [-0.15, -0.1) is 0 Å². The maximum absolute atomic E-state index is 12.9. The molecule has 0 aliphatic carbocycles. The molecule has 1 fully saturated rings. The summed E-state index contributed by atoms with van der Waals surface area (Å²) in [4.78, 5) is 14.9. The average molecular weight is 298 g/mol. The van der Waals surface area contributed by atoms with Gasteiger partial charge in [-0.05, 0) is 39.3 Å². The summed E-state index contributed by atoms with van der Waals surface area (Å²) in [5.41, 5.74) is 0.699. The number of halogens is 1. The third kappa shape index (κ3) is 3.18. The lowest BCUT2D eigenvalue weighted by Gasteiger charge is -2.29. The van der Waals surface area contributed by atoms with Crippen LogP contribution in [0.25, 0.3) is 0 Å². The Hall–Kier alpha value is -1.00. The minimum Gasteiger partial charge on any atom is -0.339 e. The Morgan fingerprint density at radius 1 is 1.60 bits per heavy atom. The largest absolute Gasteiger partial charge is 0.339 e. The number of carbonyl (C=O) groups excluding carboxylic acids is 1. The molecular formula is C15H24ClN3O. The Morgan fingerprint density at radius 2 is 2.35 bits per heavy atom.